The van der Waals surface area contributed by atoms with Crippen LogP contribution in [0, 0.1) is 0 Å². The molecule has 112 valence electrons. The van der Waals surface area contributed by atoms with Crippen molar-refractivity contribution in [3.05, 3.63) is 46.5 Å². The molecule has 21 heavy (non-hydrogen) atoms. The molecule has 0 aliphatic heterocycles. The lowest BCUT2D eigenvalue weighted by molar-refractivity contribution is -0.121. The summed E-state index contributed by atoms with van der Waals surface area (Å²) in [5, 5.41) is 8.06. The van der Waals surface area contributed by atoms with Crippen LogP contribution in [0.25, 0.3) is 0 Å². The first-order chi connectivity index (χ1) is 10.1. The molecular formula is C14H16Cl2N4O. The van der Waals surface area contributed by atoms with Gasteiger partial charge in [0.25, 0.3) is 0 Å². The molecule has 2 rings (SSSR count). The number of nitrogens with one attached hydrogen (secondary N) is 1. The van der Waals surface area contributed by atoms with E-state index in [4.69, 9.17) is 23.2 Å². The van der Waals surface area contributed by atoms with Crippen molar-refractivity contribution in [2.45, 2.75) is 25.8 Å². The first kappa shape index (κ1) is 15.8. The molecule has 0 saturated heterocycles. The fourth-order valence-electron chi connectivity index (χ4n) is 2.00. The SMILES string of the molecule is C[C@H](CNC(=O)CCn1cncn1)c1c(Cl)cccc1Cl. The van der Waals surface area contributed by atoms with Crippen molar-refractivity contribution in [2.24, 2.45) is 0 Å². The lowest BCUT2D eigenvalue weighted by Gasteiger charge is -2.16. The minimum atomic E-state index is -0.0412. The first-order valence-corrected chi connectivity index (χ1v) is 7.36. The van der Waals surface area contributed by atoms with Gasteiger partial charge in [-0.3, -0.25) is 9.48 Å². The van der Waals surface area contributed by atoms with Crippen molar-refractivity contribution in [1.29, 1.82) is 0 Å². The summed E-state index contributed by atoms with van der Waals surface area (Å²) in [5.74, 6) is 0.00189. The fourth-order valence-corrected chi connectivity index (χ4v) is 2.77. The van der Waals surface area contributed by atoms with E-state index in [9.17, 15) is 4.79 Å². The van der Waals surface area contributed by atoms with Crippen molar-refractivity contribution in [1.82, 2.24) is 20.1 Å². The average molecular weight is 327 g/mol. The average Bonchev–Trinajstić information content (AvgIpc) is 2.96. The number of halogens is 2. The Morgan fingerprint density at radius 2 is 2.10 bits per heavy atom. The maximum atomic E-state index is 11.8. The normalized spacial score (nSPS) is 12.1. The van der Waals surface area contributed by atoms with Crippen molar-refractivity contribution in [2.75, 3.05) is 6.54 Å². The summed E-state index contributed by atoms with van der Waals surface area (Å²) in [6.45, 7) is 2.97. The molecule has 1 atom stereocenters. The van der Waals surface area contributed by atoms with Crippen LogP contribution in [0.3, 0.4) is 0 Å². The molecule has 2 aromatic rings. The van der Waals surface area contributed by atoms with E-state index in [0.29, 0.717) is 29.6 Å². The predicted molar refractivity (Wildman–Crippen MR) is 82.5 cm³/mol. The van der Waals surface area contributed by atoms with Gasteiger partial charge in [0.05, 0.1) is 6.54 Å². The highest BCUT2D eigenvalue weighted by Crippen LogP contribution is 2.30. The summed E-state index contributed by atoms with van der Waals surface area (Å²) in [7, 11) is 0. The standard InChI is InChI=1S/C14H16Cl2N4O/c1-10(14-11(15)3-2-4-12(14)16)7-18-13(21)5-6-20-9-17-8-19-20/h2-4,8-10H,5-7H2,1H3,(H,18,21)/t10-/m1/s1. The van der Waals surface area contributed by atoms with E-state index in [-0.39, 0.29) is 11.8 Å². The minimum absolute atomic E-state index is 0.0412. The van der Waals surface area contributed by atoms with Crippen LogP contribution in [0.2, 0.25) is 10.0 Å². The van der Waals surface area contributed by atoms with Gasteiger partial charge in [-0.15, -0.1) is 0 Å². The second kappa shape index (κ2) is 7.43. The molecule has 0 saturated carbocycles. The molecule has 0 fully saturated rings. The Morgan fingerprint density at radius 3 is 2.71 bits per heavy atom. The summed E-state index contributed by atoms with van der Waals surface area (Å²) >= 11 is 12.3. The second-order valence-electron chi connectivity index (χ2n) is 4.75. The van der Waals surface area contributed by atoms with E-state index in [2.05, 4.69) is 15.4 Å². The third-order valence-corrected chi connectivity index (χ3v) is 3.79. The number of aryl methyl sites for hydroxylation is 1. The van der Waals surface area contributed by atoms with Gasteiger partial charge in [-0.25, -0.2) is 4.98 Å². The lowest BCUT2D eigenvalue weighted by Crippen LogP contribution is -2.28. The molecule has 1 aromatic heterocycles. The molecule has 1 aromatic carbocycles. The van der Waals surface area contributed by atoms with Gasteiger partial charge in [0.2, 0.25) is 5.91 Å². The van der Waals surface area contributed by atoms with Crippen molar-refractivity contribution < 1.29 is 4.79 Å². The van der Waals surface area contributed by atoms with E-state index in [1.807, 2.05) is 6.92 Å². The van der Waals surface area contributed by atoms with Crippen molar-refractivity contribution in [3.8, 4) is 0 Å². The number of amides is 1. The van der Waals surface area contributed by atoms with Crippen LogP contribution < -0.4 is 5.32 Å². The van der Waals surface area contributed by atoms with Crippen molar-refractivity contribution >= 4 is 29.1 Å². The van der Waals surface area contributed by atoms with Crippen LogP contribution in [-0.4, -0.2) is 27.2 Å². The van der Waals surface area contributed by atoms with Gasteiger partial charge >= 0.3 is 0 Å². The van der Waals surface area contributed by atoms with Crippen LogP contribution >= 0.6 is 23.2 Å². The van der Waals surface area contributed by atoms with Crippen LogP contribution in [-0.2, 0) is 11.3 Å². The van der Waals surface area contributed by atoms with Crippen LogP contribution in [0.5, 0.6) is 0 Å². The number of hydrogen-bond acceptors (Lipinski definition) is 3. The maximum Gasteiger partial charge on any atom is 0.221 e. The summed E-state index contributed by atoms with van der Waals surface area (Å²) < 4.78 is 1.62. The molecule has 5 nitrogen and oxygen atoms in total. The third-order valence-electron chi connectivity index (χ3n) is 3.13. The minimum Gasteiger partial charge on any atom is -0.355 e. The molecular weight excluding hydrogens is 311 g/mol. The Morgan fingerprint density at radius 1 is 1.38 bits per heavy atom. The van der Waals surface area contributed by atoms with Gasteiger partial charge in [0.1, 0.15) is 12.7 Å². The lowest BCUT2D eigenvalue weighted by atomic mass is 10.0. The van der Waals surface area contributed by atoms with E-state index in [0.717, 1.165) is 5.56 Å². The van der Waals surface area contributed by atoms with Crippen LogP contribution in [0.15, 0.2) is 30.9 Å². The van der Waals surface area contributed by atoms with E-state index in [1.165, 1.54) is 6.33 Å². The van der Waals surface area contributed by atoms with E-state index >= 15 is 0 Å². The van der Waals surface area contributed by atoms with Crippen molar-refractivity contribution in [3.63, 3.8) is 0 Å². The summed E-state index contributed by atoms with van der Waals surface area (Å²) in [5.41, 5.74) is 0.859. The first-order valence-electron chi connectivity index (χ1n) is 6.61. The molecule has 1 heterocycles. The number of aromatic nitrogens is 3. The monoisotopic (exact) mass is 326 g/mol. The third kappa shape index (κ3) is 4.44. The Bertz CT molecular complexity index is 581. The number of carbonyl (C=O) groups is 1. The van der Waals surface area contributed by atoms with Gasteiger partial charge in [0, 0.05) is 28.9 Å². The highest BCUT2D eigenvalue weighted by atomic mass is 35.5. The number of hydrogen-bond donors (Lipinski definition) is 1. The molecule has 0 unspecified atom stereocenters. The van der Waals surface area contributed by atoms with Crippen LogP contribution in [0.4, 0.5) is 0 Å². The second-order valence-corrected chi connectivity index (χ2v) is 5.56. The largest absolute Gasteiger partial charge is 0.355 e. The highest BCUT2D eigenvalue weighted by molar-refractivity contribution is 6.36. The molecule has 7 heteroatoms. The Labute approximate surface area is 133 Å². The number of benzene rings is 1. The van der Waals surface area contributed by atoms with Gasteiger partial charge in [0.15, 0.2) is 0 Å². The fraction of sp³-hybridized carbons (Fsp3) is 0.357. The molecule has 0 spiro atoms. The molecule has 0 bridgehead atoms. The zero-order chi connectivity index (χ0) is 15.2. The molecule has 1 N–H and O–H groups in total. The molecule has 0 radical (unpaired) electrons. The Balaban J connectivity index is 1.83. The van der Waals surface area contributed by atoms with E-state index in [1.54, 1.807) is 29.2 Å². The van der Waals surface area contributed by atoms with E-state index < -0.39 is 0 Å². The Kier molecular flexibility index (Phi) is 5.59. The zero-order valence-corrected chi connectivity index (χ0v) is 13.1. The number of carbonyl (C=O) groups excluding carboxylic acids is 1. The van der Waals surface area contributed by atoms with Gasteiger partial charge in [-0.1, -0.05) is 36.2 Å². The van der Waals surface area contributed by atoms with Gasteiger partial charge in [-0.2, -0.15) is 5.10 Å². The van der Waals surface area contributed by atoms with Gasteiger partial charge in [-0.05, 0) is 17.7 Å². The summed E-state index contributed by atoms with van der Waals surface area (Å²) in [6, 6.07) is 5.40. The topological polar surface area (TPSA) is 59.8 Å². The number of nitrogens with zero attached hydrogens (tertiary/aromatic N) is 3. The summed E-state index contributed by atoms with van der Waals surface area (Å²) in [6.07, 6.45) is 3.38. The summed E-state index contributed by atoms with van der Waals surface area (Å²) in [4.78, 5) is 15.6. The molecule has 0 aliphatic rings. The smallest absolute Gasteiger partial charge is 0.221 e. The van der Waals surface area contributed by atoms with Crippen LogP contribution in [0.1, 0.15) is 24.8 Å². The number of rotatable bonds is 6. The Hall–Kier alpha value is -1.59. The molecule has 1 amide bonds. The zero-order valence-electron chi connectivity index (χ0n) is 11.6. The van der Waals surface area contributed by atoms with Gasteiger partial charge < -0.3 is 5.32 Å². The maximum absolute atomic E-state index is 11.8. The quantitative estimate of drug-likeness (QED) is 0.887. The predicted octanol–water partition coefficient (Wildman–Crippen LogP) is 2.89. The molecule has 0 aliphatic carbocycles. The highest BCUT2D eigenvalue weighted by Gasteiger charge is 2.14.